The number of ether oxygens (including phenoxy) is 1. The molecule has 0 saturated heterocycles. The van der Waals surface area contributed by atoms with Gasteiger partial charge in [-0.1, -0.05) is 46.3 Å². The molecular formula is C19H15BrN4OS. The Morgan fingerprint density at radius 3 is 2.65 bits per heavy atom. The number of benzene rings is 2. The Labute approximate surface area is 163 Å². The summed E-state index contributed by atoms with van der Waals surface area (Å²) in [6.45, 7) is 1.92. The monoisotopic (exact) mass is 426 g/mol. The summed E-state index contributed by atoms with van der Waals surface area (Å²) >= 11 is 5.11. The number of hydrogen-bond donors (Lipinski definition) is 0. The minimum absolute atomic E-state index is 0.629. The van der Waals surface area contributed by atoms with E-state index in [9.17, 15) is 0 Å². The molecule has 0 spiro atoms. The molecule has 0 bridgehead atoms. The van der Waals surface area contributed by atoms with Gasteiger partial charge in [-0.05, 0) is 25.1 Å². The van der Waals surface area contributed by atoms with Crippen LogP contribution in [0.3, 0.4) is 0 Å². The number of aryl methyl sites for hydroxylation is 1. The first-order chi connectivity index (χ1) is 12.7. The van der Waals surface area contributed by atoms with Crippen LogP contribution in [0.15, 0.2) is 58.4 Å². The summed E-state index contributed by atoms with van der Waals surface area (Å²) in [6.07, 6.45) is 0. The van der Waals surface area contributed by atoms with Crippen LogP contribution in [-0.2, 0) is 0 Å². The van der Waals surface area contributed by atoms with Gasteiger partial charge in [-0.15, -0.1) is 16.4 Å². The zero-order valence-corrected chi connectivity index (χ0v) is 16.6. The third-order valence-electron chi connectivity index (χ3n) is 3.93. The lowest BCUT2D eigenvalue weighted by atomic mass is 10.2. The molecule has 0 aliphatic carbocycles. The molecule has 0 N–H and O–H groups in total. The summed E-state index contributed by atoms with van der Waals surface area (Å²) in [4.78, 5) is 9.33. The fraction of sp³-hybridized carbons (Fsp3) is 0.105. The second kappa shape index (κ2) is 7.01. The van der Waals surface area contributed by atoms with Crippen LogP contribution in [0, 0.1) is 6.92 Å². The molecular weight excluding hydrogens is 412 g/mol. The summed E-state index contributed by atoms with van der Waals surface area (Å²) < 4.78 is 8.00. The van der Waals surface area contributed by atoms with Crippen LogP contribution in [0.5, 0.6) is 5.75 Å². The van der Waals surface area contributed by atoms with Crippen LogP contribution < -0.4 is 4.74 Å². The Bertz CT molecular complexity index is 1060. The van der Waals surface area contributed by atoms with E-state index in [0.717, 1.165) is 38.0 Å². The second-order valence-corrected chi connectivity index (χ2v) is 7.31. The molecule has 0 atom stereocenters. The highest BCUT2D eigenvalue weighted by Gasteiger charge is 2.16. The van der Waals surface area contributed by atoms with Crippen molar-refractivity contribution in [1.82, 2.24) is 19.7 Å². The van der Waals surface area contributed by atoms with Gasteiger partial charge in [0.2, 0.25) is 5.13 Å². The summed E-state index contributed by atoms with van der Waals surface area (Å²) in [7, 11) is 1.64. The average Bonchev–Trinajstić information content (AvgIpc) is 3.29. The number of halogens is 1. The fourth-order valence-corrected chi connectivity index (χ4v) is 3.84. The number of thiazole rings is 1. The summed E-state index contributed by atoms with van der Waals surface area (Å²) in [5.74, 6) is 2.17. The van der Waals surface area contributed by atoms with Crippen molar-refractivity contribution in [2.24, 2.45) is 0 Å². The predicted molar refractivity (Wildman–Crippen MR) is 107 cm³/mol. The first-order valence-corrected chi connectivity index (χ1v) is 9.62. The molecule has 0 saturated carbocycles. The number of nitrogens with zero attached hydrogens (tertiary/aromatic N) is 4. The van der Waals surface area contributed by atoms with Crippen molar-refractivity contribution < 1.29 is 4.74 Å². The summed E-state index contributed by atoms with van der Waals surface area (Å²) in [5.41, 5.74) is 2.90. The van der Waals surface area contributed by atoms with Crippen LogP contribution in [0.1, 0.15) is 5.82 Å². The van der Waals surface area contributed by atoms with Crippen molar-refractivity contribution in [2.75, 3.05) is 7.11 Å². The molecule has 130 valence electrons. The largest absolute Gasteiger partial charge is 0.497 e. The number of hydrogen-bond acceptors (Lipinski definition) is 5. The van der Waals surface area contributed by atoms with Crippen molar-refractivity contribution in [3.05, 3.63) is 64.2 Å². The highest BCUT2D eigenvalue weighted by Crippen LogP contribution is 2.31. The van der Waals surface area contributed by atoms with Crippen LogP contribution >= 0.6 is 27.3 Å². The van der Waals surface area contributed by atoms with Crippen molar-refractivity contribution in [2.45, 2.75) is 6.92 Å². The van der Waals surface area contributed by atoms with Crippen LogP contribution in [0.25, 0.3) is 27.8 Å². The van der Waals surface area contributed by atoms with Gasteiger partial charge in [-0.3, -0.25) is 0 Å². The van der Waals surface area contributed by atoms with Gasteiger partial charge in [0.15, 0.2) is 5.82 Å². The van der Waals surface area contributed by atoms with Gasteiger partial charge in [0.25, 0.3) is 0 Å². The number of methoxy groups -OCH3 is 1. The standard InChI is InChI=1S/C19H15BrN4OS/c1-12-21-18(15-10-14(25-2)8-9-16(15)20)23-24(12)19-22-17(11-26-19)13-6-4-3-5-7-13/h3-11H,1-2H3. The van der Waals surface area contributed by atoms with Crippen molar-refractivity contribution in [3.63, 3.8) is 0 Å². The molecule has 0 amide bonds. The Hall–Kier alpha value is -2.51. The number of aromatic nitrogens is 4. The zero-order valence-electron chi connectivity index (χ0n) is 14.2. The molecule has 0 aliphatic rings. The van der Waals surface area contributed by atoms with E-state index in [1.54, 1.807) is 23.1 Å². The normalized spacial score (nSPS) is 10.9. The molecule has 5 nitrogen and oxygen atoms in total. The molecule has 0 radical (unpaired) electrons. The average molecular weight is 427 g/mol. The van der Waals surface area contributed by atoms with Gasteiger partial charge in [0.05, 0.1) is 12.8 Å². The molecule has 2 aromatic heterocycles. The van der Waals surface area contributed by atoms with Crippen LogP contribution in [-0.4, -0.2) is 26.9 Å². The third kappa shape index (κ3) is 3.15. The first-order valence-electron chi connectivity index (χ1n) is 7.94. The molecule has 7 heteroatoms. The van der Waals surface area contributed by atoms with Crippen molar-refractivity contribution in [1.29, 1.82) is 0 Å². The molecule has 0 aliphatic heterocycles. The van der Waals surface area contributed by atoms with Gasteiger partial charge in [-0.2, -0.15) is 4.68 Å². The smallest absolute Gasteiger partial charge is 0.212 e. The quantitative estimate of drug-likeness (QED) is 0.453. The lowest BCUT2D eigenvalue weighted by molar-refractivity contribution is 0.415. The van der Waals surface area contributed by atoms with E-state index in [1.807, 2.05) is 60.8 Å². The first kappa shape index (κ1) is 16.9. The maximum Gasteiger partial charge on any atom is 0.212 e. The minimum atomic E-state index is 0.629. The maximum atomic E-state index is 5.31. The molecule has 0 unspecified atom stereocenters. The Balaban J connectivity index is 1.73. The Morgan fingerprint density at radius 1 is 1.08 bits per heavy atom. The van der Waals surface area contributed by atoms with Gasteiger partial charge in [0.1, 0.15) is 11.6 Å². The van der Waals surface area contributed by atoms with E-state index >= 15 is 0 Å². The molecule has 2 aromatic carbocycles. The molecule has 4 aromatic rings. The van der Waals surface area contributed by atoms with Crippen LogP contribution in [0.2, 0.25) is 0 Å². The number of rotatable bonds is 4. The fourth-order valence-electron chi connectivity index (χ4n) is 2.59. The third-order valence-corrected chi connectivity index (χ3v) is 5.43. The maximum absolute atomic E-state index is 5.31. The SMILES string of the molecule is COc1ccc(Br)c(-c2nc(C)n(-c3nc(-c4ccccc4)cs3)n2)c1. The van der Waals surface area contributed by atoms with E-state index in [4.69, 9.17) is 9.72 Å². The topological polar surface area (TPSA) is 52.8 Å². The zero-order chi connectivity index (χ0) is 18.1. The van der Waals surface area contributed by atoms with Crippen molar-refractivity contribution >= 4 is 27.3 Å². The van der Waals surface area contributed by atoms with Gasteiger partial charge >= 0.3 is 0 Å². The minimum Gasteiger partial charge on any atom is -0.497 e. The summed E-state index contributed by atoms with van der Waals surface area (Å²) in [6, 6.07) is 15.8. The highest BCUT2D eigenvalue weighted by molar-refractivity contribution is 9.10. The molecule has 0 fully saturated rings. The van der Waals surface area contributed by atoms with Crippen LogP contribution in [0.4, 0.5) is 0 Å². The van der Waals surface area contributed by atoms with Crippen molar-refractivity contribution in [3.8, 4) is 33.5 Å². The molecule has 2 heterocycles. The van der Waals surface area contributed by atoms with Gasteiger partial charge in [-0.25, -0.2) is 9.97 Å². The predicted octanol–water partition coefficient (Wildman–Crippen LogP) is 5.14. The lowest BCUT2D eigenvalue weighted by Gasteiger charge is -2.03. The highest BCUT2D eigenvalue weighted by atomic mass is 79.9. The Kier molecular flexibility index (Phi) is 4.57. The lowest BCUT2D eigenvalue weighted by Crippen LogP contribution is -1.98. The molecule has 4 rings (SSSR count). The van der Waals surface area contributed by atoms with Gasteiger partial charge < -0.3 is 4.74 Å². The van der Waals surface area contributed by atoms with Gasteiger partial charge in [0, 0.05) is 21.0 Å². The molecule has 26 heavy (non-hydrogen) atoms. The van der Waals surface area contributed by atoms with E-state index in [0.29, 0.717) is 5.82 Å². The van der Waals surface area contributed by atoms with E-state index < -0.39 is 0 Å². The second-order valence-electron chi connectivity index (χ2n) is 5.62. The Morgan fingerprint density at radius 2 is 1.88 bits per heavy atom. The summed E-state index contributed by atoms with van der Waals surface area (Å²) in [5, 5.41) is 7.49. The van der Waals surface area contributed by atoms with E-state index in [-0.39, 0.29) is 0 Å². The van der Waals surface area contributed by atoms with E-state index in [2.05, 4.69) is 26.0 Å². The van der Waals surface area contributed by atoms with E-state index in [1.165, 1.54) is 0 Å².